The molecule has 0 unspecified atom stereocenters. The minimum Gasteiger partial charge on any atom is -0.367 e. The maximum atomic E-state index is 4.58. The van der Waals surface area contributed by atoms with E-state index >= 15 is 0 Å². The summed E-state index contributed by atoms with van der Waals surface area (Å²) in [5.74, 6) is 1.20. The lowest BCUT2D eigenvalue weighted by Crippen LogP contribution is -2.25. The van der Waals surface area contributed by atoms with Gasteiger partial charge in [0.25, 0.3) is 0 Å². The number of hydrogen-bond acceptors (Lipinski definition) is 3. The van der Waals surface area contributed by atoms with Crippen molar-refractivity contribution in [1.82, 2.24) is 5.32 Å². The topological polar surface area (TPSA) is 24.4 Å². The lowest BCUT2D eigenvalue weighted by atomic mass is 10.2. The lowest BCUT2D eigenvalue weighted by Gasteiger charge is -2.14. The van der Waals surface area contributed by atoms with Crippen molar-refractivity contribution >= 4 is 17.2 Å². The number of thiophene rings is 1. The fourth-order valence-corrected chi connectivity index (χ4v) is 2.59. The molecule has 2 rings (SSSR count). The van der Waals surface area contributed by atoms with Crippen LogP contribution in [0.2, 0.25) is 0 Å². The summed E-state index contributed by atoms with van der Waals surface area (Å²) in [7, 11) is 0. The first-order chi connectivity index (χ1) is 7.36. The van der Waals surface area contributed by atoms with E-state index in [0.29, 0.717) is 6.04 Å². The maximum absolute atomic E-state index is 4.58. The smallest absolute Gasteiger partial charge is 0.0967 e. The van der Waals surface area contributed by atoms with Crippen LogP contribution in [-0.4, -0.2) is 12.4 Å². The molecular weight excluding hydrogens is 204 g/mol. The second kappa shape index (κ2) is 5.31. The molecule has 0 bridgehead atoms. The maximum Gasteiger partial charge on any atom is 0.0967 e. The first-order valence-electron chi connectivity index (χ1n) is 5.69. The summed E-state index contributed by atoms with van der Waals surface area (Å²) in [6.45, 7) is 3.21. The van der Waals surface area contributed by atoms with Gasteiger partial charge in [0.1, 0.15) is 0 Å². The van der Waals surface area contributed by atoms with E-state index in [2.05, 4.69) is 34.7 Å². The quantitative estimate of drug-likeness (QED) is 0.815. The standard InChI is InChI=1S/C12H18N2S/c1-10(11-6-5-9-15-11)14-12-7-3-2-4-8-13-12/h5-6,9-10H,2-4,7-8H2,1H3,(H,13,14)/t10-/m0/s1. The molecule has 15 heavy (non-hydrogen) atoms. The van der Waals surface area contributed by atoms with Crippen LogP contribution in [0.5, 0.6) is 0 Å². The molecule has 2 nitrogen and oxygen atoms in total. The van der Waals surface area contributed by atoms with Crippen molar-refractivity contribution < 1.29 is 0 Å². The zero-order valence-electron chi connectivity index (χ0n) is 9.20. The average Bonchev–Trinajstić information content (AvgIpc) is 2.65. The van der Waals surface area contributed by atoms with Crippen molar-refractivity contribution in [1.29, 1.82) is 0 Å². The highest BCUT2D eigenvalue weighted by molar-refractivity contribution is 7.10. The Kier molecular flexibility index (Phi) is 3.78. The molecule has 3 heteroatoms. The molecule has 0 amide bonds. The predicted octanol–water partition coefficient (Wildman–Crippen LogP) is 3.37. The number of hydrogen-bond donors (Lipinski definition) is 1. The van der Waals surface area contributed by atoms with E-state index in [0.717, 1.165) is 13.0 Å². The zero-order chi connectivity index (χ0) is 10.5. The molecule has 1 aromatic rings. The van der Waals surface area contributed by atoms with Gasteiger partial charge in [-0.2, -0.15) is 0 Å². The first kappa shape index (κ1) is 10.7. The molecule has 1 aliphatic heterocycles. The predicted molar refractivity (Wildman–Crippen MR) is 66.6 cm³/mol. The summed E-state index contributed by atoms with van der Waals surface area (Å²) < 4.78 is 0. The first-order valence-corrected chi connectivity index (χ1v) is 6.57. The highest BCUT2D eigenvalue weighted by atomic mass is 32.1. The molecule has 0 spiro atoms. The van der Waals surface area contributed by atoms with Crippen LogP contribution in [0.25, 0.3) is 0 Å². The van der Waals surface area contributed by atoms with Crippen molar-refractivity contribution in [3.05, 3.63) is 22.4 Å². The third-order valence-corrected chi connectivity index (χ3v) is 3.78. The van der Waals surface area contributed by atoms with Gasteiger partial charge in [0.2, 0.25) is 0 Å². The van der Waals surface area contributed by atoms with Gasteiger partial charge in [-0.25, -0.2) is 0 Å². The Morgan fingerprint density at radius 2 is 2.33 bits per heavy atom. The van der Waals surface area contributed by atoms with Gasteiger partial charge >= 0.3 is 0 Å². The van der Waals surface area contributed by atoms with E-state index in [4.69, 9.17) is 0 Å². The highest BCUT2D eigenvalue weighted by Crippen LogP contribution is 2.19. The summed E-state index contributed by atoms with van der Waals surface area (Å²) in [6, 6.07) is 4.69. The molecule has 1 aromatic heterocycles. The van der Waals surface area contributed by atoms with Crippen molar-refractivity contribution in [3.63, 3.8) is 0 Å². The van der Waals surface area contributed by atoms with Crippen molar-refractivity contribution in [2.45, 2.75) is 38.6 Å². The Morgan fingerprint density at radius 3 is 3.13 bits per heavy atom. The number of aliphatic imine (C=N–C) groups is 1. The molecule has 0 aliphatic carbocycles. The van der Waals surface area contributed by atoms with E-state index in [-0.39, 0.29) is 0 Å². The molecule has 0 aromatic carbocycles. The third-order valence-electron chi connectivity index (χ3n) is 2.73. The third kappa shape index (κ3) is 3.06. The van der Waals surface area contributed by atoms with Gasteiger partial charge in [-0.1, -0.05) is 12.5 Å². The van der Waals surface area contributed by atoms with Crippen LogP contribution < -0.4 is 5.32 Å². The molecule has 1 aliphatic rings. The van der Waals surface area contributed by atoms with Crippen LogP contribution in [-0.2, 0) is 0 Å². The summed E-state index contributed by atoms with van der Waals surface area (Å²) in [4.78, 5) is 5.97. The normalized spacial score (nSPS) is 19.1. The molecular formula is C12H18N2S. The Morgan fingerprint density at radius 1 is 1.40 bits per heavy atom. The molecule has 1 atom stereocenters. The summed E-state index contributed by atoms with van der Waals surface area (Å²) in [6.07, 6.45) is 4.97. The Bertz CT molecular complexity index is 316. The minimum atomic E-state index is 0.404. The van der Waals surface area contributed by atoms with E-state index in [1.807, 2.05) is 11.3 Å². The summed E-state index contributed by atoms with van der Waals surface area (Å²) >= 11 is 1.81. The van der Waals surface area contributed by atoms with Gasteiger partial charge in [-0.15, -0.1) is 11.3 Å². The Labute approximate surface area is 95.4 Å². The number of nitrogens with one attached hydrogen (secondary N) is 1. The van der Waals surface area contributed by atoms with E-state index in [9.17, 15) is 0 Å². The molecule has 0 fully saturated rings. The fraction of sp³-hybridized carbons (Fsp3) is 0.583. The minimum absolute atomic E-state index is 0.404. The van der Waals surface area contributed by atoms with E-state index < -0.39 is 0 Å². The van der Waals surface area contributed by atoms with Gasteiger partial charge in [0, 0.05) is 17.8 Å². The van der Waals surface area contributed by atoms with Crippen molar-refractivity contribution in [3.8, 4) is 0 Å². The van der Waals surface area contributed by atoms with Crippen molar-refractivity contribution in [2.75, 3.05) is 6.54 Å². The monoisotopic (exact) mass is 222 g/mol. The van der Waals surface area contributed by atoms with Crippen LogP contribution >= 0.6 is 11.3 Å². The van der Waals surface area contributed by atoms with Crippen LogP contribution in [0.4, 0.5) is 0 Å². The number of nitrogens with zero attached hydrogens (tertiary/aromatic N) is 1. The number of rotatable bonds is 2. The fourth-order valence-electron chi connectivity index (χ4n) is 1.85. The SMILES string of the molecule is C[C@H](NC1=NCCCCC1)c1cccs1. The van der Waals surface area contributed by atoms with Gasteiger partial charge in [-0.3, -0.25) is 4.99 Å². The van der Waals surface area contributed by atoms with Crippen LogP contribution in [0, 0.1) is 0 Å². The summed E-state index contributed by atoms with van der Waals surface area (Å²) in [5, 5.41) is 5.65. The van der Waals surface area contributed by atoms with Gasteiger partial charge in [0.15, 0.2) is 0 Å². The molecule has 1 N–H and O–H groups in total. The molecule has 0 saturated carbocycles. The van der Waals surface area contributed by atoms with Crippen LogP contribution in [0.15, 0.2) is 22.5 Å². The van der Waals surface area contributed by atoms with Gasteiger partial charge < -0.3 is 5.32 Å². The second-order valence-electron chi connectivity index (χ2n) is 4.02. The zero-order valence-corrected chi connectivity index (χ0v) is 10.0. The van der Waals surface area contributed by atoms with Gasteiger partial charge in [-0.05, 0) is 31.2 Å². The largest absolute Gasteiger partial charge is 0.367 e. The molecule has 82 valence electrons. The Hall–Kier alpha value is -0.830. The highest BCUT2D eigenvalue weighted by Gasteiger charge is 2.09. The average molecular weight is 222 g/mol. The molecule has 2 heterocycles. The van der Waals surface area contributed by atoms with Crippen LogP contribution in [0.1, 0.15) is 43.5 Å². The Balaban J connectivity index is 1.93. The van der Waals surface area contributed by atoms with Crippen LogP contribution in [0.3, 0.4) is 0 Å². The van der Waals surface area contributed by atoms with Gasteiger partial charge in [0.05, 0.1) is 11.9 Å². The van der Waals surface area contributed by atoms with Crippen molar-refractivity contribution in [2.24, 2.45) is 4.99 Å². The number of amidine groups is 1. The van der Waals surface area contributed by atoms with E-state index in [1.165, 1.54) is 30.0 Å². The molecule has 0 radical (unpaired) electrons. The second-order valence-corrected chi connectivity index (χ2v) is 5.00. The molecule has 0 saturated heterocycles. The summed E-state index contributed by atoms with van der Waals surface area (Å²) in [5.41, 5.74) is 0. The van der Waals surface area contributed by atoms with E-state index in [1.54, 1.807) is 0 Å². The lowest BCUT2D eigenvalue weighted by molar-refractivity contribution is 0.703.